The molecule has 1 aromatic carbocycles. The van der Waals surface area contributed by atoms with E-state index in [1.54, 1.807) is 12.3 Å². The summed E-state index contributed by atoms with van der Waals surface area (Å²) in [5, 5.41) is 0. The summed E-state index contributed by atoms with van der Waals surface area (Å²) >= 11 is 0. The van der Waals surface area contributed by atoms with Gasteiger partial charge in [0.05, 0.1) is 5.69 Å². The van der Waals surface area contributed by atoms with Crippen molar-refractivity contribution in [2.45, 2.75) is 18.8 Å². The van der Waals surface area contributed by atoms with Crippen LogP contribution in [0, 0.1) is 0 Å². The van der Waals surface area contributed by atoms with Crippen LogP contribution >= 0.6 is 0 Å². The molecule has 1 aliphatic rings. The maximum Gasteiger partial charge on any atom is 0.150 e. The summed E-state index contributed by atoms with van der Waals surface area (Å²) in [5.74, 6) is 1.43. The van der Waals surface area contributed by atoms with Crippen molar-refractivity contribution in [3.63, 3.8) is 0 Å². The molecule has 0 bridgehead atoms. The lowest BCUT2D eigenvalue weighted by Crippen LogP contribution is -1.96. The molecule has 17 heavy (non-hydrogen) atoms. The molecule has 0 spiro atoms. The van der Waals surface area contributed by atoms with Crippen LogP contribution in [0.5, 0.6) is 0 Å². The van der Waals surface area contributed by atoms with Gasteiger partial charge in [-0.2, -0.15) is 0 Å². The largest absolute Gasteiger partial charge is 0.298 e. The quantitative estimate of drug-likeness (QED) is 0.753. The summed E-state index contributed by atoms with van der Waals surface area (Å²) in [6.07, 6.45) is 5.00. The highest BCUT2D eigenvalue weighted by Crippen LogP contribution is 2.38. The molecule has 1 aromatic heterocycles. The molecular weight excluding hydrogens is 212 g/mol. The van der Waals surface area contributed by atoms with Gasteiger partial charge in [0.15, 0.2) is 6.29 Å². The minimum absolute atomic E-state index is 0.526. The molecule has 0 atom stereocenters. The van der Waals surface area contributed by atoms with E-state index in [4.69, 9.17) is 0 Å². The highest BCUT2D eigenvalue weighted by molar-refractivity contribution is 5.86. The summed E-state index contributed by atoms with van der Waals surface area (Å²) in [6, 6.07) is 9.36. The maximum atomic E-state index is 11.0. The zero-order chi connectivity index (χ0) is 11.7. The van der Waals surface area contributed by atoms with E-state index in [1.807, 2.05) is 24.3 Å². The maximum absolute atomic E-state index is 11.0. The Labute approximate surface area is 99.5 Å². The Balaban J connectivity index is 2.07. The third-order valence-corrected chi connectivity index (χ3v) is 2.98. The van der Waals surface area contributed by atoms with Crippen molar-refractivity contribution in [2.24, 2.45) is 0 Å². The minimum atomic E-state index is 0.526. The number of nitrogens with zero attached hydrogens (tertiary/aromatic N) is 2. The smallest absolute Gasteiger partial charge is 0.150 e. The second kappa shape index (κ2) is 4.09. The molecule has 1 fully saturated rings. The fourth-order valence-electron chi connectivity index (χ4n) is 1.90. The second-order valence-electron chi connectivity index (χ2n) is 4.28. The van der Waals surface area contributed by atoms with Gasteiger partial charge in [-0.15, -0.1) is 0 Å². The molecule has 84 valence electrons. The van der Waals surface area contributed by atoms with Crippen molar-refractivity contribution >= 4 is 6.29 Å². The first kappa shape index (κ1) is 10.1. The van der Waals surface area contributed by atoms with E-state index < -0.39 is 0 Å². The monoisotopic (exact) mass is 224 g/mol. The third-order valence-electron chi connectivity index (χ3n) is 2.98. The van der Waals surface area contributed by atoms with Crippen molar-refractivity contribution in [3.05, 3.63) is 47.9 Å². The number of benzene rings is 1. The van der Waals surface area contributed by atoms with Crippen LogP contribution in [0.15, 0.2) is 36.5 Å². The lowest BCUT2D eigenvalue weighted by atomic mass is 10.1. The molecule has 1 heterocycles. The zero-order valence-electron chi connectivity index (χ0n) is 9.34. The molecule has 0 saturated heterocycles. The molecule has 2 aromatic rings. The van der Waals surface area contributed by atoms with E-state index in [1.165, 1.54) is 12.8 Å². The fraction of sp³-hybridized carbons (Fsp3) is 0.214. The molecule has 0 N–H and O–H groups in total. The Bertz CT molecular complexity index is 562. The number of carbonyl (C=O) groups excluding carboxylic acids is 1. The first-order valence-electron chi connectivity index (χ1n) is 5.76. The van der Waals surface area contributed by atoms with E-state index in [-0.39, 0.29) is 0 Å². The van der Waals surface area contributed by atoms with Crippen molar-refractivity contribution in [1.82, 2.24) is 9.97 Å². The van der Waals surface area contributed by atoms with Gasteiger partial charge in [-0.05, 0) is 18.9 Å². The van der Waals surface area contributed by atoms with E-state index >= 15 is 0 Å². The first-order chi connectivity index (χ1) is 8.38. The Morgan fingerprint density at radius 3 is 2.76 bits per heavy atom. The van der Waals surface area contributed by atoms with Crippen LogP contribution in [-0.2, 0) is 0 Å². The topological polar surface area (TPSA) is 42.9 Å². The first-order valence-corrected chi connectivity index (χ1v) is 5.76. The molecule has 1 aliphatic carbocycles. The number of rotatable bonds is 3. The van der Waals surface area contributed by atoms with Crippen LogP contribution in [0.2, 0.25) is 0 Å². The SMILES string of the molecule is O=Cc1ccccc1-c1ccnc(C2CC2)n1. The number of aromatic nitrogens is 2. The Hall–Kier alpha value is -2.03. The summed E-state index contributed by atoms with van der Waals surface area (Å²) in [6.45, 7) is 0. The Morgan fingerprint density at radius 2 is 2.00 bits per heavy atom. The van der Waals surface area contributed by atoms with Gasteiger partial charge in [0.1, 0.15) is 5.82 Å². The van der Waals surface area contributed by atoms with Gasteiger partial charge in [-0.3, -0.25) is 4.79 Å². The molecule has 0 amide bonds. The number of hydrogen-bond acceptors (Lipinski definition) is 3. The molecule has 1 saturated carbocycles. The van der Waals surface area contributed by atoms with Gasteiger partial charge >= 0.3 is 0 Å². The molecule has 0 unspecified atom stereocenters. The zero-order valence-corrected chi connectivity index (χ0v) is 9.34. The van der Waals surface area contributed by atoms with Crippen molar-refractivity contribution < 1.29 is 4.79 Å². The predicted molar refractivity (Wildman–Crippen MR) is 64.8 cm³/mol. The van der Waals surface area contributed by atoms with Crippen LogP contribution < -0.4 is 0 Å². The molecule has 3 nitrogen and oxygen atoms in total. The average molecular weight is 224 g/mol. The average Bonchev–Trinajstić information content (AvgIpc) is 3.23. The molecule has 3 rings (SSSR count). The Morgan fingerprint density at radius 1 is 1.18 bits per heavy atom. The minimum Gasteiger partial charge on any atom is -0.298 e. The van der Waals surface area contributed by atoms with Gasteiger partial charge in [-0.25, -0.2) is 9.97 Å². The predicted octanol–water partition coefficient (Wildman–Crippen LogP) is 2.83. The number of hydrogen-bond donors (Lipinski definition) is 0. The van der Waals surface area contributed by atoms with Crippen molar-refractivity contribution in [3.8, 4) is 11.3 Å². The summed E-state index contributed by atoms with van der Waals surface area (Å²) in [4.78, 5) is 19.8. The van der Waals surface area contributed by atoms with Crippen LogP contribution in [0.1, 0.15) is 34.9 Å². The van der Waals surface area contributed by atoms with Crippen LogP contribution in [-0.4, -0.2) is 16.3 Å². The van der Waals surface area contributed by atoms with Gasteiger partial charge in [0.25, 0.3) is 0 Å². The van der Waals surface area contributed by atoms with E-state index in [2.05, 4.69) is 9.97 Å². The number of aldehydes is 1. The van der Waals surface area contributed by atoms with Crippen LogP contribution in [0.25, 0.3) is 11.3 Å². The lowest BCUT2D eigenvalue weighted by Gasteiger charge is -2.05. The van der Waals surface area contributed by atoms with Gasteiger partial charge in [-0.1, -0.05) is 24.3 Å². The van der Waals surface area contributed by atoms with Gasteiger partial charge in [0.2, 0.25) is 0 Å². The summed E-state index contributed by atoms with van der Waals surface area (Å²) < 4.78 is 0. The summed E-state index contributed by atoms with van der Waals surface area (Å²) in [7, 11) is 0. The van der Waals surface area contributed by atoms with Crippen LogP contribution in [0.3, 0.4) is 0 Å². The van der Waals surface area contributed by atoms with Crippen molar-refractivity contribution in [2.75, 3.05) is 0 Å². The standard InChI is InChI=1S/C14H12N2O/c17-9-11-3-1-2-4-12(11)13-7-8-15-14(16-13)10-5-6-10/h1-4,7-10H,5-6H2. The molecular formula is C14H12N2O. The molecule has 0 radical (unpaired) electrons. The number of carbonyl (C=O) groups is 1. The highest BCUT2D eigenvalue weighted by atomic mass is 16.1. The van der Waals surface area contributed by atoms with Crippen LogP contribution in [0.4, 0.5) is 0 Å². The van der Waals surface area contributed by atoms with Crippen molar-refractivity contribution in [1.29, 1.82) is 0 Å². The third kappa shape index (κ3) is 1.96. The molecule has 3 heteroatoms. The normalized spacial score (nSPS) is 14.6. The van der Waals surface area contributed by atoms with E-state index in [9.17, 15) is 4.79 Å². The fourth-order valence-corrected chi connectivity index (χ4v) is 1.90. The lowest BCUT2D eigenvalue weighted by molar-refractivity contribution is 0.112. The molecule has 0 aliphatic heterocycles. The van der Waals surface area contributed by atoms with E-state index in [0.717, 1.165) is 23.4 Å². The van der Waals surface area contributed by atoms with E-state index in [0.29, 0.717) is 11.5 Å². The second-order valence-corrected chi connectivity index (χ2v) is 4.28. The van der Waals surface area contributed by atoms with Gasteiger partial charge in [0, 0.05) is 23.2 Å². The summed E-state index contributed by atoms with van der Waals surface area (Å²) in [5.41, 5.74) is 2.39. The van der Waals surface area contributed by atoms with Gasteiger partial charge < -0.3 is 0 Å². The Kier molecular flexibility index (Phi) is 2.44. The highest BCUT2D eigenvalue weighted by Gasteiger charge is 2.26.